The first-order chi connectivity index (χ1) is 18.0. The summed E-state index contributed by atoms with van der Waals surface area (Å²) in [4.78, 5) is 50.4. The lowest BCUT2D eigenvalue weighted by Crippen LogP contribution is -2.70. The Morgan fingerprint density at radius 2 is 1.92 bits per heavy atom. The molecule has 1 aliphatic rings. The Morgan fingerprint density at radius 1 is 1.18 bits per heavy atom. The van der Waals surface area contributed by atoms with E-state index in [2.05, 4.69) is 15.3 Å². The maximum atomic E-state index is 14.7. The molecule has 0 unspecified atom stereocenters. The predicted molar refractivity (Wildman–Crippen MR) is 136 cm³/mol. The molecule has 10 nitrogen and oxygen atoms in total. The summed E-state index contributed by atoms with van der Waals surface area (Å²) in [5.41, 5.74) is 6.53. The van der Waals surface area contributed by atoms with Crippen molar-refractivity contribution in [2.75, 3.05) is 17.7 Å². The summed E-state index contributed by atoms with van der Waals surface area (Å²) in [7, 11) is 3.21. The van der Waals surface area contributed by atoms with Gasteiger partial charge in [0, 0.05) is 38.2 Å². The minimum absolute atomic E-state index is 0.0475. The molecule has 0 radical (unpaired) electrons. The normalized spacial score (nSPS) is 17.6. The number of hydrogen-bond donors (Lipinski definition) is 2. The number of nitrogens with zero attached hydrogens (tertiary/aromatic N) is 5. The molecule has 1 aliphatic heterocycles. The maximum absolute atomic E-state index is 14.7. The lowest BCUT2D eigenvalue weighted by atomic mass is 9.81. The van der Waals surface area contributed by atoms with Gasteiger partial charge in [-0.25, -0.2) is 23.5 Å². The van der Waals surface area contributed by atoms with Crippen LogP contribution < -0.4 is 16.0 Å². The van der Waals surface area contributed by atoms with Crippen LogP contribution in [-0.4, -0.2) is 50.4 Å². The number of β-lactam (4-membered cyclic amide) rings is 1. The number of aromatic nitrogens is 3. The van der Waals surface area contributed by atoms with Crippen molar-refractivity contribution in [3.63, 3.8) is 0 Å². The topological polar surface area (TPSA) is 126 Å². The van der Waals surface area contributed by atoms with Gasteiger partial charge in [0.05, 0.1) is 12.0 Å². The van der Waals surface area contributed by atoms with E-state index in [1.807, 2.05) is 0 Å². The Kier molecular flexibility index (Phi) is 7.42. The second-order valence-corrected chi connectivity index (χ2v) is 9.30. The van der Waals surface area contributed by atoms with Crippen LogP contribution in [0.5, 0.6) is 0 Å². The van der Waals surface area contributed by atoms with Crippen LogP contribution in [0.15, 0.2) is 42.9 Å². The molecule has 4 rings (SSSR count). The fourth-order valence-corrected chi connectivity index (χ4v) is 4.66. The van der Waals surface area contributed by atoms with E-state index in [9.17, 15) is 23.2 Å². The highest BCUT2D eigenvalue weighted by Crippen LogP contribution is 2.33. The van der Waals surface area contributed by atoms with Gasteiger partial charge in [-0.2, -0.15) is 0 Å². The first-order valence-electron chi connectivity index (χ1n) is 12.1. The maximum Gasteiger partial charge on any atom is 0.325 e. The molecule has 3 aromatic rings. The molecule has 1 saturated heterocycles. The van der Waals surface area contributed by atoms with Crippen LogP contribution >= 0.6 is 0 Å². The summed E-state index contributed by atoms with van der Waals surface area (Å²) in [6, 6.07) is 3.14. The smallest absolute Gasteiger partial charge is 0.325 e. The Morgan fingerprint density at radius 3 is 2.55 bits per heavy atom. The molecule has 200 valence electrons. The number of anilines is 2. The van der Waals surface area contributed by atoms with Gasteiger partial charge in [-0.05, 0) is 43.0 Å². The van der Waals surface area contributed by atoms with Gasteiger partial charge in [-0.1, -0.05) is 19.1 Å². The molecule has 4 amide bonds. The number of halogens is 2. The van der Waals surface area contributed by atoms with E-state index in [4.69, 9.17) is 5.73 Å². The molecule has 3 N–H and O–H groups in total. The van der Waals surface area contributed by atoms with Gasteiger partial charge in [-0.15, -0.1) is 0 Å². The van der Waals surface area contributed by atoms with Crippen LogP contribution in [0.1, 0.15) is 36.1 Å². The second-order valence-electron chi connectivity index (χ2n) is 9.30. The molecule has 3 atom stereocenters. The lowest BCUT2D eigenvalue weighted by molar-refractivity contribution is -0.156. The van der Waals surface area contributed by atoms with Crippen LogP contribution in [0.25, 0.3) is 0 Å². The summed E-state index contributed by atoms with van der Waals surface area (Å²) in [6.07, 6.45) is 5.05. The van der Waals surface area contributed by atoms with Crippen LogP contribution in [0.3, 0.4) is 0 Å². The summed E-state index contributed by atoms with van der Waals surface area (Å²) in [6.45, 7) is 3.12. The van der Waals surface area contributed by atoms with Crippen LogP contribution in [-0.2, 0) is 23.1 Å². The molecule has 0 aliphatic carbocycles. The van der Waals surface area contributed by atoms with Crippen molar-refractivity contribution in [1.82, 2.24) is 24.8 Å². The fraction of sp³-hybridized carbons (Fsp3) is 0.346. The number of carbonyl (C=O) groups is 3. The number of rotatable bonds is 7. The van der Waals surface area contributed by atoms with Crippen LogP contribution in [0, 0.1) is 24.5 Å². The minimum atomic E-state index is -1.16. The summed E-state index contributed by atoms with van der Waals surface area (Å²) >= 11 is 0. The second kappa shape index (κ2) is 10.6. The van der Waals surface area contributed by atoms with Gasteiger partial charge in [0.15, 0.2) is 11.6 Å². The Balaban J connectivity index is 1.63. The van der Waals surface area contributed by atoms with Crippen molar-refractivity contribution in [1.29, 1.82) is 0 Å². The highest BCUT2D eigenvalue weighted by molar-refractivity contribution is 6.12. The number of imidazole rings is 1. The number of nitrogen functional groups attached to an aromatic ring is 1. The number of pyridine rings is 1. The number of urea groups is 1. The Bertz CT molecular complexity index is 1390. The van der Waals surface area contributed by atoms with Crippen molar-refractivity contribution < 1.29 is 23.2 Å². The standard InChI is InChI=1S/C26H29F2N7O3/c1-5-18(16-7-6-14(2)20(27)21(16)28)32-26(38)35-22(24(37)34(4)25-31-10-11-33(25)3)17(23(35)36)12-15-8-9-30-19(29)13-15/h6-11,13,17-18,22H,5,12H2,1-4H3,(H2,29,30)(H,32,38)/t17-,18-,22+/m1/s1. The number of hydrogen-bond acceptors (Lipinski definition) is 6. The number of nitrogens with one attached hydrogen (secondary N) is 1. The van der Waals surface area contributed by atoms with Crippen molar-refractivity contribution >= 4 is 29.6 Å². The van der Waals surface area contributed by atoms with Gasteiger partial charge < -0.3 is 15.6 Å². The number of amides is 4. The zero-order valence-corrected chi connectivity index (χ0v) is 21.5. The number of benzene rings is 1. The van der Waals surface area contributed by atoms with Gasteiger partial charge in [0.1, 0.15) is 11.9 Å². The van der Waals surface area contributed by atoms with E-state index < -0.39 is 47.5 Å². The molecule has 0 bridgehead atoms. The van der Waals surface area contributed by atoms with Gasteiger partial charge >= 0.3 is 6.03 Å². The predicted octanol–water partition coefficient (Wildman–Crippen LogP) is 2.88. The monoisotopic (exact) mass is 525 g/mol. The fourth-order valence-electron chi connectivity index (χ4n) is 4.66. The highest BCUT2D eigenvalue weighted by Gasteiger charge is 2.55. The summed E-state index contributed by atoms with van der Waals surface area (Å²) < 4.78 is 30.5. The minimum Gasteiger partial charge on any atom is -0.384 e. The Labute approximate surface area is 218 Å². The van der Waals surface area contributed by atoms with E-state index in [1.54, 1.807) is 36.9 Å². The van der Waals surface area contributed by atoms with Crippen LogP contribution in [0.4, 0.5) is 25.3 Å². The third-order valence-electron chi connectivity index (χ3n) is 6.80. The zero-order valence-electron chi connectivity index (χ0n) is 21.5. The molecule has 12 heteroatoms. The summed E-state index contributed by atoms with van der Waals surface area (Å²) in [5, 5.41) is 2.60. The molecule has 38 heavy (non-hydrogen) atoms. The van der Waals surface area contributed by atoms with Crippen molar-refractivity contribution in [3.05, 3.63) is 71.2 Å². The number of likely N-dealkylation sites (N-methyl/N-ethyl adjacent to an activating group) is 1. The van der Waals surface area contributed by atoms with Crippen LogP contribution in [0.2, 0.25) is 0 Å². The zero-order chi connectivity index (χ0) is 27.7. The van der Waals surface area contributed by atoms with E-state index in [0.29, 0.717) is 11.5 Å². The quantitative estimate of drug-likeness (QED) is 0.457. The SMILES string of the molecule is CC[C@@H](NC(=O)N1C(=O)[C@H](Cc2ccnc(N)c2)[C@H]1C(=O)N(C)c1nccn1C)c1ccc(C)c(F)c1F. The number of nitrogens with two attached hydrogens (primary N) is 1. The number of aryl methyl sites for hydroxylation is 2. The van der Waals surface area contributed by atoms with Crippen molar-refractivity contribution in [2.45, 2.75) is 38.8 Å². The summed E-state index contributed by atoms with van der Waals surface area (Å²) in [5.74, 6) is -3.44. The first kappa shape index (κ1) is 26.7. The van der Waals surface area contributed by atoms with E-state index >= 15 is 0 Å². The molecule has 0 saturated carbocycles. The average molecular weight is 526 g/mol. The molecule has 2 aromatic heterocycles. The third kappa shape index (κ3) is 4.81. The average Bonchev–Trinajstić information content (AvgIpc) is 3.32. The Hall–Kier alpha value is -4.35. The third-order valence-corrected chi connectivity index (χ3v) is 6.80. The molecule has 3 heterocycles. The van der Waals surface area contributed by atoms with Gasteiger partial charge in [0.25, 0.3) is 5.91 Å². The van der Waals surface area contributed by atoms with Gasteiger partial charge in [-0.3, -0.25) is 19.4 Å². The molecular weight excluding hydrogens is 496 g/mol. The van der Waals surface area contributed by atoms with E-state index in [0.717, 1.165) is 4.90 Å². The first-order valence-corrected chi connectivity index (χ1v) is 12.1. The number of imide groups is 1. The lowest BCUT2D eigenvalue weighted by Gasteiger charge is -2.45. The molecular formula is C26H29F2N7O3. The molecule has 0 spiro atoms. The van der Waals surface area contributed by atoms with E-state index in [1.165, 1.54) is 43.4 Å². The van der Waals surface area contributed by atoms with Crippen molar-refractivity contribution in [3.8, 4) is 0 Å². The largest absolute Gasteiger partial charge is 0.384 e. The van der Waals surface area contributed by atoms with E-state index in [-0.39, 0.29) is 29.8 Å². The molecule has 1 aromatic carbocycles. The number of likely N-dealkylation sites (tertiary alicyclic amines) is 1. The highest BCUT2D eigenvalue weighted by atomic mass is 19.2. The van der Waals surface area contributed by atoms with Crippen molar-refractivity contribution in [2.24, 2.45) is 13.0 Å². The van der Waals surface area contributed by atoms with Gasteiger partial charge in [0.2, 0.25) is 11.9 Å². The number of carbonyl (C=O) groups excluding carboxylic acids is 3. The molecule has 1 fully saturated rings.